The number of aryl methyl sites for hydroxylation is 1. The molecule has 1 unspecified atom stereocenters. The molecule has 0 aliphatic carbocycles. The van der Waals surface area contributed by atoms with Crippen molar-refractivity contribution in [3.63, 3.8) is 0 Å². The number of ether oxygens (including phenoxy) is 1. The summed E-state index contributed by atoms with van der Waals surface area (Å²) in [5.41, 5.74) is -0.132. The lowest BCUT2D eigenvalue weighted by Crippen LogP contribution is -2.46. The van der Waals surface area contributed by atoms with E-state index in [1.54, 1.807) is 11.3 Å². The maximum absolute atomic E-state index is 12.4. The molecule has 2 aliphatic rings. The van der Waals surface area contributed by atoms with Crippen molar-refractivity contribution in [1.29, 1.82) is 0 Å². The molecule has 1 spiro atoms. The number of rotatable bonds is 3. The minimum atomic E-state index is -0.132. The molecule has 7 heteroatoms. The lowest BCUT2D eigenvalue weighted by molar-refractivity contribution is -0.137. The molecule has 4 heterocycles. The molecule has 0 bridgehead atoms. The van der Waals surface area contributed by atoms with Crippen molar-refractivity contribution in [1.82, 2.24) is 15.0 Å². The van der Waals surface area contributed by atoms with Gasteiger partial charge >= 0.3 is 0 Å². The fourth-order valence-corrected chi connectivity index (χ4v) is 4.33. The molecule has 1 atom stereocenters. The van der Waals surface area contributed by atoms with Gasteiger partial charge < -0.3 is 14.2 Å². The van der Waals surface area contributed by atoms with E-state index in [1.807, 2.05) is 29.3 Å². The van der Waals surface area contributed by atoms with Crippen LogP contribution in [0.2, 0.25) is 0 Å². The Kier molecular flexibility index (Phi) is 4.14. The summed E-state index contributed by atoms with van der Waals surface area (Å²) in [6, 6.07) is 4.01. The van der Waals surface area contributed by atoms with Gasteiger partial charge in [0.05, 0.1) is 12.0 Å². The molecule has 24 heavy (non-hydrogen) atoms. The molecular formula is C17H21N3O3S. The van der Waals surface area contributed by atoms with Gasteiger partial charge in [-0.15, -0.1) is 11.3 Å². The van der Waals surface area contributed by atoms with Gasteiger partial charge in [0.25, 0.3) is 5.89 Å². The van der Waals surface area contributed by atoms with E-state index in [1.165, 1.54) is 0 Å². The van der Waals surface area contributed by atoms with E-state index in [0.717, 1.165) is 43.6 Å². The lowest BCUT2D eigenvalue weighted by Gasteiger charge is -2.39. The summed E-state index contributed by atoms with van der Waals surface area (Å²) in [5.74, 6) is 1.44. The van der Waals surface area contributed by atoms with Crippen LogP contribution in [0.15, 0.2) is 22.0 Å². The monoisotopic (exact) mass is 347 g/mol. The van der Waals surface area contributed by atoms with Gasteiger partial charge in [0, 0.05) is 18.0 Å². The molecular weight excluding hydrogens is 326 g/mol. The molecule has 128 valence electrons. The standard InChI is InChI=1S/C17H21N3O3S/c1-12-18-16(23-19-12)14-4-5-17(22-14)6-8-20(9-7-17)15(21)11-13-3-2-10-24-13/h2-3,10,14H,4-9,11H2,1H3. The summed E-state index contributed by atoms with van der Waals surface area (Å²) in [6.07, 6.45) is 4.07. The van der Waals surface area contributed by atoms with Crippen molar-refractivity contribution in [2.45, 2.75) is 50.7 Å². The number of amides is 1. The molecule has 6 nitrogen and oxygen atoms in total. The van der Waals surface area contributed by atoms with Crippen LogP contribution in [-0.2, 0) is 16.0 Å². The zero-order valence-electron chi connectivity index (χ0n) is 13.7. The van der Waals surface area contributed by atoms with E-state index >= 15 is 0 Å². The van der Waals surface area contributed by atoms with Crippen LogP contribution >= 0.6 is 11.3 Å². The zero-order chi connectivity index (χ0) is 16.6. The second kappa shape index (κ2) is 6.29. The Labute approximate surface area is 144 Å². The second-order valence-corrected chi connectivity index (χ2v) is 7.68. The molecule has 4 rings (SSSR count). The van der Waals surface area contributed by atoms with Crippen molar-refractivity contribution in [2.75, 3.05) is 13.1 Å². The topological polar surface area (TPSA) is 68.5 Å². The quantitative estimate of drug-likeness (QED) is 0.854. The molecule has 0 aromatic carbocycles. The minimum absolute atomic E-state index is 0.0976. The number of hydrogen-bond acceptors (Lipinski definition) is 6. The van der Waals surface area contributed by atoms with Crippen LogP contribution < -0.4 is 0 Å². The van der Waals surface area contributed by atoms with Crippen molar-refractivity contribution in [2.24, 2.45) is 0 Å². The van der Waals surface area contributed by atoms with E-state index in [0.29, 0.717) is 18.1 Å². The fourth-order valence-electron chi connectivity index (χ4n) is 3.64. The number of thiophene rings is 1. The van der Waals surface area contributed by atoms with Crippen LogP contribution in [-0.4, -0.2) is 39.6 Å². The summed E-state index contributed by atoms with van der Waals surface area (Å²) >= 11 is 1.64. The maximum atomic E-state index is 12.4. The number of likely N-dealkylation sites (tertiary alicyclic amines) is 1. The Morgan fingerprint density at radius 3 is 2.92 bits per heavy atom. The number of carbonyl (C=O) groups excluding carboxylic acids is 1. The Morgan fingerprint density at radius 1 is 1.42 bits per heavy atom. The Morgan fingerprint density at radius 2 is 2.25 bits per heavy atom. The second-order valence-electron chi connectivity index (χ2n) is 6.64. The van der Waals surface area contributed by atoms with Crippen LogP contribution in [0.5, 0.6) is 0 Å². The van der Waals surface area contributed by atoms with Crippen molar-refractivity contribution in [3.05, 3.63) is 34.1 Å². The van der Waals surface area contributed by atoms with Crippen molar-refractivity contribution < 1.29 is 14.1 Å². The Balaban J connectivity index is 1.33. The highest BCUT2D eigenvalue weighted by Gasteiger charge is 2.45. The Hall–Kier alpha value is -1.73. The summed E-state index contributed by atoms with van der Waals surface area (Å²) in [5, 5.41) is 5.86. The van der Waals surface area contributed by atoms with Gasteiger partial charge in [-0.2, -0.15) is 4.98 Å². The minimum Gasteiger partial charge on any atom is -0.362 e. The summed E-state index contributed by atoms with van der Waals surface area (Å²) in [6.45, 7) is 3.34. The fraction of sp³-hybridized carbons (Fsp3) is 0.588. The van der Waals surface area contributed by atoms with Crippen LogP contribution in [0.1, 0.15) is 48.4 Å². The van der Waals surface area contributed by atoms with Gasteiger partial charge in [0.2, 0.25) is 5.91 Å². The Bertz CT molecular complexity index is 704. The molecule has 2 saturated heterocycles. The van der Waals surface area contributed by atoms with Gasteiger partial charge in [-0.1, -0.05) is 11.2 Å². The van der Waals surface area contributed by atoms with Crippen LogP contribution in [0.3, 0.4) is 0 Å². The van der Waals surface area contributed by atoms with Crippen LogP contribution in [0.25, 0.3) is 0 Å². The van der Waals surface area contributed by atoms with Gasteiger partial charge in [-0.25, -0.2) is 0 Å². The van der Waals surface area contributed by atoms with Crippen molar-refractivity contribution >= 4 is 17.2 Å². The highest BCUT2D eigenvalue weighted by atomic mass is 32.1. The molecule has 0 radical (unpaired) electrons. The maximum Gasteiger partial charge on any atom is 0.255 e. The van der Waals surface area contributed by atoms with E-state index in [9.17, 15) is 4.79 Å². The van der Waals surface area contributed by atoms with Gasteiger partial charge in [-0.3, -0.25) is 4.79 Å². The number of nitrogens with zero attached hydrogens (tertiary/aromatic N) is 3. The molecule has 2 aromatic heterocycles. The van der Waals surface area contributed by atoms with Crippen LogP contribution in [0, 0.1) is 6.92 Å². The third-order valence-corrected chi connectivity index (χ3v) is 5.88. The van der Waals surface area contributed by atoms with E-state index in [2.05, 4.69) is 10.1 Å². The summed E-state index contributed by atoms with van der Waals surface area (Å²) < 4.78 is 11.5. The molecule has 2 fully saturated rings. The van der Waals surface area contributed by atoms with E-state index in [-0.39, 0.29) is 17.6 Å². The number of carbonyl (C=O) groups is 1. The first-order chi connectivity index (χ1) is 11.6. The van der Waals surface area contributed by atoms with E-state index in [4.69, 9.17) is 9.26 Å². The predicted molar refractivity (Wildman–Crippen MR) is 88.7 cm³/mol. The number of aromatic nitrogens is 2. The predicted octanol–water partition coefficient (Wildman–Crippen LogP) is 2.89. The molecule has 2 aliphatic heterocycles. The zero-order valence-corrected chi connectivity index (χ0v) is 14.6. The summed E-state index contributed by atoms with van der Waals surface area (Å²) in [7, 11) is 0. The number of piperidine rings is 1. The highest BCUT2D eigenvalue weighted by Crippen LogP contribution is 2.44. The third kappa shape index (κ3) is 3.10. The molecule has 0 N–H and O–H groups in total. The molecule has 2 aromatic rings. The van der Waals surface area contributed by atoms with Gasteiger partial charge in [0.15, 0.2) is 5.82 Å². The SMILES string of the molecule is Cc1noc(C2CCC3(CCN(C(=O)Cc4cccs4)CC3)O2)n1. The first-order valence-electron chi connectivity index (χ1n) is 8.42. The molecule has 1 amide bonds. The molecule has 0 saturated carbocycles. The first-order valence-corrected chi connectivity index (χ1v) is 9.30. The first kappa shape index (κ1) is 15.8. The smallest absolute Gasteiger partial charge is 0.255 e. The normalized spacial score (nSPS) is 23.0. The lowest BCUT2D eigenvalue weighted by atomic mass is 9.88. The average molecular weight is 347 g/mol. The third-order valence-electron chi connectivity index (χ3n) is 5.01. The van der Waals surface area contributed by atoms with Crippen LogP contribution in [0.4, 0.5) is 0 Å². The highest BCUT2D eigenvalue weighted by molar-refractivity contribution is 7.10. The van der Waals surface area contributed by atoms with E-state index < -0.39 is 0 Å². The largest absolute Gasteiger partial charge is 0.362 e. The summed E-state index contributed by atoms with van der Waals surface area (Å²) in [4.78, 5) is 19.8. The van der Waals surface area contributed by atoms with Gasteiger partial charge in [-0.05, 0) is 44.1 Å². The average Bonchev–Trinajstić information content (AvgIpc) is 3.30. The van der Waals surface area contributed by atoms with Gasteiger partial charge in [0.1, 0.15) is 6.10 Å². The number of hydrogen-bond donors (Lipinski definition) is 0. The van der Waals surface area contributed by atoms with Crippen molar-refractivity contribution in [3.8, 4) is 0 Å².